The van der Waals surface area contributed by atoms with Crippen LogP contribution < -0.4 is 11.3 Å². The van der Waals surface area contributed by atoms with E-state index in [1.165, 1.54) is 0 Å². The number of aromatic nitrogens is 3. The average molecular weight is 247 g/mol. The zero-order chi connectivity index (χ0) is 12.9. The Labute approximate surface area is 93.0 Å². The van der Waals surface area contributed by atoms with Crippen LogP contribution in [0.1, 0.15) is 0 Å². The van der Waals surface area contributed by atoms with Gasteiger partial charge in [-0.3, -0.25) is 10.2 Å². The van der Waals surface area contributed by atoms with E-state index < -0.39 is 12.1 Å². The lowest BCUT2D eigenvalue weighted by atomic mass is 10.3. The van der Waals surface area contributed by atoms with Crippen molar-refractivity contribution in [3.63, 3.8) is 0 Å². The molecule has 0 spiro atoms. The van der Waals surface area contributed by atoms with Crippen LogP contribution in [0, 0.1) is 0 Å². The number of carbonyl (C=O) groups excluding carboxylic acids is 1. The number of aromatic amines is 1. The number of alkyl halides is 3. The quantitative estimate of drug-likeness (QED) is 0.358. The van der Waals surface area contributed by atoms with Crippen molar-refractivity contribution < 1.29 is 18.0 Å². The first-order valence-corrected chi connectivity index (χ1v) is 4.28. The molecule has 1 heterocycles. The minimum Gasteiger partial charge on any atom is -0.286 e. The standard InChI is InChI=1S/C6H5N3.C2H3F3N2O/c1-2-4-6-5(3-1)7-9-8-6;3-2(4,5)1(8)7-6/h1-4H,(H,7,8,9);6H2,(H,7,8). The Morgan fingerprint density at radius 3 is 2.00 bits per heavy atom. The van der Waals surface area contributed by atoms with Gasteiger partial charge in [-0.2, -0.15) is 28.6 Å². The van der Waals surface area contributed by atoms with Gasteiger partial charge in [0.2, 0.25) is 0 Å². The Balaban J connectivity index is 0.000000172. The second-order valence-corrected chi connectivity index (χ2v) is 2.78. The summed E-state index contributed by atoms with van der Waals surface area (Å²) in [7, 11) is 0. The molecule has 4 N–H and O–H groups in total. The molecule has 1 aromatic heterocycles. The molecule has 0 aliphatic rings. The normalized spacial score (nSPS) is 10.6. The predicted molar refractivity (Wildman–Crippen MR) is 52.3 cm³/mol. The third-order valence-corrected chi connectivity index (χ3v) is 1.61. The number of hydrogen-bond acceptors (Lipinski definition) is 4. The number of nitrogens with zero attached hydrogens (tertiary/aromatic N) is 2. The lowest BCUT2D eigenvalue weighted by Crippen LogP contribution is -2.40. The number of halogens is 3. The van der Waals surface area contributed by atoms with E-state index in [2.05, 4.69) is 21.3 Å². The van der Waals surface area contributed by atoms with Crippen molar-refractivity contribution in [2.24, 2.45) is 5.84 Å². The number of nitrogens with two attached hydrogens (primary N) is 1. The largest absolute Gasteiger partial charge is 0.472 e. The molecule has 2 aromatic rings. The molecule has 0 saturated heterocycles. The molecule has 92 valence electrons. The summed E-state index contributed by atoms with van der Waals surface area (Å²) in [6.45, 7) is 0. The van der Waals surface area contributed by atoms with Crippen LogP contribution in [0.4, 0.5) is 13.2 Å². The van der Waals surface area contributed by atoms with E-state index in [0.29, 0.717) is 0 Å². The molecule has 0 saturated carbocycles. The Morgan fingerprint density at radius 1 is 1.24 bits per heavy atom. The van der Waals surface area contributed by atoms with Crippen molar-refractivity contribution in [3.8, 4) is 0 Å². The number of carbonyl (C=O) groups is 1. The molecule has 0 bridgehead atoms. The molecule has 6 nitrogen and oxygen atoms in total. The van der Waals surface area contributed by atoms with Crippen molar-refractivity contribution in [2.45, 2.75) is 6.18 Å². The number of nitrogens with one attached hydrogen (secondary N) is 2. The van der Waals surface area contributed by atoms with Crippen LogP contribution in [-0.4, -0.2) is 27.5 Å². The van der Waals surface area contributed by atoms with Gasteiger partial charge < -0.3 is 0 Å². The maximum Gasteiger partial charge on any atom is 0.472 e. The Morgan fingerprint density at radius 2 is 1.71 bits per heavy atom. The fourth-order valence-corrected chi connectivity index (χ4v) is 0.868. The number of amides is 1. The maximum atomic E-state index is 11.0. The van der Waals surface area contributed by atoms with E-state index in [9.17, 15) is 18.0 Å². The number of H-pyrrole nitrogens is 1. The fourth-order valence-electron chi connectivity index (χ4n) is 0.868. The van der Waals surface area contributed by atoms with E-state index in [0.717, 1.165) is 16.5 Å². The molecule has 0 radical (unpaired) electrons. The molecular weight excluding hydrogens is 239 g/mol. The van der Waals surface area contributed by atoms with Gasteiger partial charge in [-0.15, -0.1) is 0 Å². The van der Waals surface area contributed by atoms with Gasteiger partial charge in [0.25, 0.3) is 0 Å². The summed E-state index contributed by atoms with van der Waals surface area (Å²) in [6, 6.07) is 7.70. The molecule has 1 amide bonds. The third-order valence-electron chi connectivity index (χ3n) is 1.61. The molecule has 0 unspecified atom stereocenters. The summed E-state index contributed by atoms with van der Waals surface area (Å²) >= 11 is 0. The number of fused-ring (bicyclic) bond motifs is 1. The van der Waals surface area contributed by atoms with Crippen molar-refractivity contribution >= 4 is 16.9 Å². The summed E-state index contributed by atoms with van der Waals surface area (Å²) in [5, 5.41) is 10.3. The van der Waals surface area contributed by atoms with Gasteiger partial charge in [-0.25, -0.2) is 5.84 Å². The van der Waals surface area contributed by atoms with E-state index in [1.807, 2.05) is 24.3 Å². The van der Waals surface area contributed by atoms with E-state index in [4.69, 9.17) is 0 Å². The average Bonchev–Trinajstić information content (AvgIpc) is 2.75. The van der Waals surface area contributed by atoms with Gasteiger partial charge in [0.05, 0.1) is 0 Å². The lowest BCUT2D eigenvalue weighted by Gasteiger charge is -2.00. The zero-order valence-electron chi connectivity index (χ0n) is 8.32. The summed E-state index contributed by atoms with van der Waals surface area (Å²) in [5.41, 5.74) is 2.77. The Kier molecular flexibility index (Phi) is 3.99. The SMILES string of the molecule is NNC(=O)C(F)(F)F.c1ccc2n[nH]nc2c1. The van der Waals surface area contributed by atoms with Gasteiger partial charge in [0.15, 0.2) is 0 Å². The van der Waals surface area contributed by atoms with Gasteiger partial charge in [0.1, 0.15) is 11.0 Å². The molecule has 1 aromatic carbocycles. The Bertz CT molecular complexity index is 465. The Hall–Kier alpha value is -2.16. The highest BCUT2D eigenvalue weighted by molar-refractivity contribution is 5.80. The molecule has 2 rings (SSSR count). The third kappa shape index (κ3) is 3.72. The predicted octanol–water partition coefficient (Wildman–Crippen LogP) is 0.496. The minimum atomic E-state index is -4.87. The van der Waals surface area contributed by atoms with Crippen molar-refractivity contribution in [2.75, 3.05) is 0 Å². The van der Waals surface area contributed by atoms with Crippen LogP contribution in [0.3, 0.4) is 0 Å². The zero-order valence-corrected chi connectivity index (χ0v) is 8.32. The van der Waals surface area contributed by atoms with Gasteiger partial charge >= 0.3 is 12.1 Å². The summed E-state index contributed by atoms with van der Waals surface area (Å²) in [6.07, 6.45) is -4.87. The van der Waals surface area contributed by atoms with Gasteiger partial charge in [-0.05, 0) is 12.1 Å². The minimum absolute atomic E-state index is 0.914. The first-order chi connectivity index (χ1) is 7.95. The number of para-hydroxylation sites is 2. The monoisotopic (exact) mass is 247 g/mol. The number of hydrazine groups is 1. The van der Waals surface area contributed by atoms with Crippen LogP contribution in [0.15, 0.2) is 24.3 Å². The maximum absolute atomic E-state index is 11.0. The molecule has 9 heteroatoms. The molecule has 0 aliphatic carbocycles. The van der Waals surface area contributed by atoms with Crippen molar-refractivity contribution in [3.05, 3.63) is 24.3 Å². The molecule has 17 heavy (non-hydrogen) atoms. The van der Waals surface area contributed by atoms with Crippen LogP contribution in [0.25, 0.3) is 11.0 Å². The lowest BCUT2D eigenvalue weighted by molar-refractivity contribution is -0.173. The van der Waals surface area contributed by atoms with E-state index in [-0.39, 0.29) is 0 Å². The highest BCUT2D eigenvalue weighted by Crippen LogP contribution is 2.12. The molecule has 0 aliphatic heterocycles. The van der Waals surface area contributed by atoms with E-state index >= 15 is 0 Å². The topological polar surface area (TPSA) is 96.7 Å². The van der Waals surface area contributed by atoms with Crippen LogP contribution in [0.5, 0.6) is 0 Å². The second kappa shape index (κ2) is 5.25. The smallest absolute Gasteiger partial charge is 0.286 e. The fraction of sp³-hybridized carbons (Fsp3) is 0.125. The van der Waals surface area contributed by atoms with Gasteiger partial charge in [0, 0.05) is 0 Å². The van der Waals surface area contributed by atoms with Crippen LogP contribution in [0.2, 0.25) is 0 Å². The number of benzene rings is 1. The summed E-state index contributed by atoms with van der Waals surface area (Å²) < 4.78 is 32.9. The highest BCUT2D eigenvalue weighted by Gasteiger charge is 2.37. The first-order valence-electron chi connectivity index (χ1n) is 4.28. The van der Waals surface area contributed by atoms with Crippen LogP contribution in [-0.2, 0) is 4.79 Å². The van der Waals surface area contributed by atoms with Crippen molar-refractivity contribution in [1.82, 2.24) is 20.8 Å². The number of rotatable bonds is 0. The van der Waals surface area contributed by atoms with Gasteiger partial charge in [-0.1, -0.05) is 12.1 Å². The van der Waals surface area contributed by atoms with Crippen LogP contribution >= 0.6 is 0 Å². The summed E-state index contributed by atoms with van der Waals surface area (Å²) in [4.78, 5) is 9.47. The highest BCUT2D eigenvalue weighted by atomic mass is 19.4. The number of hydrogen-bond donors (Lipinski definition) is 3. The molecule has 0 atom stereocenters. The second-order valence-electron chi connectivity index (χ2n) is 2.78. The first kappa shape index (κ1) is 12.9. The molecule has 0 fully saturated rings. The summed E-state index contributed by atoms with van der Waals surface area (Å²) in [5.74, 6) is 2.00. The molecular formula is C8H8F3N5O. The van der Waals surface area contributed by atoms with E-state index in [1.54, 1.807) is 0 Å². The van der Waals surface area contributed by atoms with Crippen molar-refractivity contribution in [1.29, 1.82) is 0 Å².